The average Bonchev–Trinajstić information content (AvgIpc) is 3.24. The van der Waals surface area contributed by atoms with Crippen LogP contribution < -0.4 is 16.4 Å². The maximum Gasteiger partial charge on any atom is 0.326 e. The molecule has 4 rings (SSSR count). The molecule has 0 radical (unpaired) electrons. The lowest BCUT2D eigenvalue weighted by molar-refractivity contribution is -0.143. The lowest BCUT2D eigenvalue weighted by atomic mass is 9.93. The van der Waals surface area contributed by atoms with Crippen LogP contribution in [0.2, 0.25) is 20.1 Å². The van der Waals surface area contributed by atoms with Gasteiger partial charge in [0.05, 0.1) is 20.5 Å². The highest BCUT2D eigenvalue weighted by atomic mass is 35.5. The topological polar surface area (TPSA) is 172 Å². The number of carbonyl (C=O) groups is 3. The highest BCUT2D eigenvalue weighted by molar-refractivity contribution is 7.89. The molecule has 0 unspecified atom stereocenters. The van der Waals surface area contributed by atoms with Gasteiger partial charge in [-0.1, -0.05) is 58.5 Å². The molecule has 1 fully saturated rings. The van der Waals surface area contributed by atoms with E-state index in [-0.39, 0.29) is 49.9 Å². The number of benzene rings is 2. The zero-order chi connectivity index (χ0) is 31.7. The maximum absolute atomic E-state index is 13.6. The molecule has 228 valence electrons. The number of carboxylic acids is 1. The zero-order valence-electron chi connectivity index (χ0n) is 22.4. The van der Waals surface area contributed by atoms with E-state index in [9.17, 15) is 27.9 Å². The van der Waals surface area contributed by atoms with Gasteiger partial charge >= 0.3 is 5.97 Å². The van der Waals surface area contributed by atoms with Gasteiger partial charge in [-0.3, -0.25) is 14.6 Å². The van der Waals surface area contributed by atoms with Crippen molar-refractivity contribution in [3.63, 3.8) is 0 Å². The number of nitrogens with two attached hydrogens (primary N) is 1. The summed E-state index contributed by atoms with van der Waals surface area (Å²) in [6, 6.07) is 7.62. The highest BCUT2D eigenvalue weighted by Gasteiger charge is 2.55. The smallest absolute Gasteiger partial charge is 0.326 e. The first-order valence-electron chi connectivity index (χ1n) is 12.6. The fraction of sp³-hybridized carbons (Fsp3) is 0.259. The minimum Gasteiger partial charge on any atom is -0.480 e. The Morgan fingerprint density at radius 1 is 1.07 bits per heavy atom. The number of sulfonamides is 1. The Morgan fingerprint density at radius 2 is 1.65 bits per heavy atom. The Labute approximate surface area is 267 Å². The van der Waals surface area contributed by atoms with Crippen molar-refractivity contribution in [1.82, 2.24) is 14.6 Å². The van der Waals surface area contributed by atoms with E-state index in [1.807, 2.05) is 0 Å². The molecule has 11 nitrogen and oxygen atoms in total. The molecule has 3 aromatic rings. The Balaban J connectivity index is 1.51. The molecule has 16 heteroatoms. The van der Waals surface area contributed by atoms with E-state index in [2.05, 4.69) is 15.6 Å². The fourth-order valence-corrected chi connectivity index (χ4v) is 7.76. The number of amides is 2. The lowest BCUT2D eigenvalue weighted by Crippen LogP contribution is -2.64. The van der Waals surface area contributed by atoms with Crippen molar-refractivity contribution in [1.29, 1.82) is 0 Å². The minimum absolute atomic E-state index is 0.0456. The van der Waals surface area contributed by atoms with Crippen LogP contribution in [0.15, 0.2) is 59.8 Å². The molecule has 5 N–H and O–H groups in total. The van der Waals surface area contributed by atoms with Gasteiger partial charge in [0, 0.05) is 47.1 Å². The quantitative estimate of drug-likeness (QED) is 0.259. The van der Waals surface area contributed by atoms with Crippen LogP contribution in [-0.4, -0.2) is 64.8 Å². The first kappa shape index (κ1) is 32.9. The predicted molar refractivity (Wildman–Crippen MR) is 163 cm³/mol. The summed E-state index contributed by atoms with van der Waals surface area (Å²) in [6.07, 6.45) is 2.57. The number of hydrogen-bond acceptors (Lipinski definition) is 7. The van der Waals surface area contributed by atoms with E-state index < -0.39 is 45.4 Å². The second kappa shape index (κ2) is 12.9. The molecule has 1 aliphatic heterocycles. The molecular weight excluding hydrogens is 664 g/mol. The van der Waals surface area contributed by atoms with Gasteiger partial charge in [0.15, 0.2) is 0 Å². The summed E-state index contributed by atoms with van der Waals surface area (Å²) in [6.45, 7) is 1.26. The Kier molecular flexibility index (Phi) is 9.92. The van der Waals surface area contributed by atoms with Gasteiger partial charge in [-0.25, -0.2) is 13.2 Å². The first-order chi connectivity index (χ1) is 20.1. The number of carboxylic acid groups (broad SMARTS) is 1. The van der Waals surface area contributed by atoms with E-state index in [1.54, 1.807) is 12.1 Å². The molecule has 0 bridgehead atoms. The van der Waals surface area contributed by atoms with Crippen LogP contribution in [-0.2, 0) is 26.0 Å². The Bertz CT molecular complexity index is 1650. The number of hydrogen-bond donors (Lipinski definition) is 4. The zero-order valence-corrected chi connectivity index (χ0v) is 26.2. The summed E-state index contributed by atoms with van der Waals surface area (Å²) in [7, 11) is -4.30. The number of halogens is 4. The van der Waals surface area contributed by atoms with Gasteiger partial charge in [0.2, 0.25) is 15.9 Å². The molecule has 1 saturated heterocycles. The molecular formula is C27H25Cl4N5O6S. The van der Waals surface area contributed by atoms with Crippen LogP contribution in [0.5, 0.6) is 0 Å². The van der Waals surface area contributed by atoms with Gasteiger partial charge in [-0.15, -0.1) is 0 Å². The second-order valence-electron chi connectivity index (χ2n) is 9.92. The molecule has 1 aromatic heterocycles. The number of carbonyl (C=O) groups excluding carboxylic acids is 2. The average molecular weight is 689 g/mol. The van der Waals surface area contributed by atoms with Crippen LogP contribution in [0, 0.1) is 0 Å². The van der Waals surface area contributed by atoms with Crippen LogP contribution >= 0.6 is 46.4 Å². The van der Waals surface area contributed by atoms with E-state index >= 15 is 0 Å². The fourth-order valence-electron chi connectivity index (χ4n) is 4.70. The lowest BCUT2D eigenvalue weighted by Gasteiger charge is -2.36. The van der Waals surface area contributed by atoms with E-state index in [0.29, 0.717) is 11.3 Å². The van der Waals surface area contributed by atoms with Crippen molar-refractivity contribution in [2.45, 2.75) is 42.3 Å². The Hall–Kier alpha value is -2.97. The van der Waals surface area contributed by atoms with Crippen LogP contribution in [0.1, 0.15) is 29.3 Å². The molecule has 43 heavy (non-hydrogen) atoms. The number of nitrogens with zero attached hydrogens (tertiary/aromatic N) is 2. The summed E-state index contributed by atoms with van der Waals surface area (Å²) in [5.41, 5.74) is 5.35. The van der Waals surface area contributed by atoms with E-state index in [0.717, 1.165) is 4.31 Å². The van der Waals surface area contributed by atoms with Gasteiger partial charge in [-0.2, -0.15) is 4.31 Å². The third-order valence-corrected chi connectivity index (χ3v) is 10.1. The molecule has 2 heterocycles. The van der Waals surface area contributed by atoms with Gasteiger partial charge < -0.3 is 21.5 Å². The van der Waals surface area contributed by atoms with Gasteiger partial charge in [-0.05, 0) is 49.2 Å². The standard InChI is InChI=1S/C27H25Cl4N5O6S/c1-27(22(32)6-7-36(27)43(41,42)18-10-15(28)9-16(29)11-18)26(40)35-21(25(38)39)8-14-2-4-17(5-3-14)34-24(37)23-19(30)12-33-13-20(23)31/h2-5,9-13,21-22H,6-8,32H2,1H3,(H,34,37)(H,35,40)(H,38,39)/t21-,22+,27+/m0/s1. The number of anilines is 1. The number of aromatic nitrogens is 1. The Morgan fingerprint density at radius 3 is 2.21 bits per heavy atom. The largest absolute Gasteiger partial charge is 0.480 e. The molecule has 0 aliphatic carbocycles. The predicted octanol–water partition coefficient (Wildman–Crippen LogP) is 4.24. The van der Waals surface area contributed by atoms with Crippen LogP contribution in [0.3, 0.4) is 0 Å². The van der Waals surface area contributed by atoms with E-state index in [4.69, 9.17) is 52.1 Å². The number of aliphatic carboxylic acids is 1. The SMILES string of the molecule is C[C@]1(C(=O)N[C@@H](Cc2ccc(NC(=O)c3c(Cl)cncc3Cl)cc2)C(=O)O)[C@H](N)CCN1S(=O)(=O)c1cc(Cl)cc(Cl)c1. The summed E-state index contributed by atoms with van der Waals surface area (Å²) in [5, 5.41) is 15.3. The molecule has 2 aromatic carbocycles. The highest BCUT2D eigenvalue weighted by Crippen LogP contribution is 2.36. The normalized spacial score (nSPS) is 19.5. The molecule has 0 saturated carbocycles. The van der Waals surface area contributed by atoms with Crippen molar-refractivity contribution in [3.8, 4) is 0 Å². The summed E-state index contributed by atoms with van der Waals surface area (Å²) in [4.78, 5) is 41.9. The monoisotopic (exact) mass is 687 g/mol. The molecule has 2 amide bonds. The third kappa shape index (κ3) is 6.91. The minimum atomic E-state index is -4.30. The number of nitrogens with one attached hydrogen (secondary N) is 2. The summed E-state index contributed by atoms with van der Waals surface area (Å²) >= 11 is 24.1. The van der Waals surface area contributed by atoms with E-state index in [1.165, 1.54) is 49.6 Å². The van der Waals surface area contributed by atoms with Gasteiger partial charge in [0.1, 0.15) is 11.6 Å². The van der Waals surface area contributed by atoms with Gasteiger partial charge in [0.25, 0.3) is 5.91 Å². The first-order valence-corrected chi connectivity index (χ1v) is 15.6. The van der Waals surface area contributed by atoms with Crippen LogP contribution in [0.4, 0.5) is 5.69 Å². The van der Waals surface area contributed by atoms with Crippen molar-refractivity contribution < 1.29 is 27.9 Å². The van der Waals surface area contributed by atoms with Crippen LogP contribution in [0.25, 0.3) is 0 Å². The van der Waals surface area contributed by atoms with Crippen molar-refractivity contribution >= 4 is 79.9 Å². The molecule has 3 atom stereocenters. The van der Waals surface area contributed by atoms with Crippen molar-refractivity contribution in [2.75, 3.05) is 11.9 Å². The van der Waals surface area contributed by atoms with Crippen molar-refractivity contribution in [2.24, 2.45) is 5.73 Å². The molecule has 0 spiro atoms. The maximum atomic E-state index is 13.6. The number of pyridine rings is 1. The summed E-state index contributed by atoms with van der Waals surface area (Å²) in [5.74, 6) is -2.79. The third-order valence-electron chi connectivity index (χ3n) is 7.10. The molecule has 1 aliphatic rings. The summed E-state index contributed by atoms with van der Waals surface area (Å²) < 4.78 is 28.1. The second-order valence-corrected chi connectivity index (χ2v) is 13.5. The number of rotatable bonds is 9. The van der Waals surface area contributed by atoms with Crippen molar-refractivity contribution in [3.05, 3.63) is 86.1 Å².